The Morgan fingerprint density at radius 1 is 1.25 bits per heavy atom. The first-order valence-electron chi connectivity index (χ1n) is 5.35. The monoisotopic (exact) mass is 242 g/mol. The van der Waals surface area contributed by atoms with Gasteiger partial charge in [-0.3, -0.25) is 4.72 Å². The minimum Gasteiger partial charge on any atom is -0.388 e. The second kappa shape index (κ2) is 5.75. The highest BCUT2D eigenvalue weighted by Crippen LogP contribution is 2.16. The predicted octanol–water partition coefficient (Wildman–Crippen LogP) is 2.27. The van der Waals surface area contributed by atoms with Crippen LogP contribution >= 0.6 is 0 Å². The molecule has 90 valence electrons. The van der Waals surface area contributed by atoms with Crippen molar-refractivity contribution in [1.29, 1.82) is 0 Å². The van der Waals surface area contributed by atoms with Gasteiger partial charge in [0.25, 0.3) is 0 Å². The number of anilines is 2. The third-order valence-corrected chi connectivity index (χ3v) is 3.56. The summed E-state index contributed by atoms with van der Waals surface area (Å²) in [5.74, 6) is 0.174. The quantitative estimate of drug-likeness (QED) is 0.804. The van der Waals surface area contributed by atoms with E-state index >= 15 is 0 Å². The molecule has 0 spiro atoms. The van der Waals surface area contributed by atoms with Gasteiger partial charge in [-0.2, -0.15) is 0 Å². The number of benzene rings is 1. The second-order valence-electron chi connectivity index (χ2n) is 3.61. The van der Waals surface area contributed by atoms with E-state index in [1.165, 1.54) is 0 Å². The van der Waals surface area contributed by atoms with Gasteiger partial charge in [-0.1, -0.05) is 19.4 Å². The number of sulfonamides is 1. The van der Waals surface area contributed by atoms with Crippen LogP contribution in [0.25, 0.3) is 0 Å². The van der Waals surface area contributed by atoms with Crippen molar-refractivity contribution in [1.82, 2.24) is 0 Å². The summed E-state index contributed by atoms with van der Waals surface area (Å²) in [4.78, 5) is 0. The van der Waals surface area contributed by atoms with Gasteiger partial charge in [-0.25, -0.2) is 8.42 Å². The summed E-state index contributed by atoms with van der Waals surface area (Å²) in [6.07, 6.45) is 1.55. The average molecular weight is 242 g/mol. The summed E-state index contributed by atoms with van der Waals surface area (Å²) in [6.45, 7) is 1.97. The summed E-state index contributed by atoms with van der Waals surface area (Å²) in [5.41, 5.74) is 1.48. The Kier molecular flexibility index (Phi) is 4.61. The Hall–Kier alpha value is -1.23. The zero-order chi connectivity index (χ0) is 12.0. The van der Waals surface area contributed by atoms with E-state index in [0.717, 1.165) is 12.1 Å². The molecule has 0 unspecified atom stereocenters. The molecule has 1 rings (SSSR count). The van der Waals surface area contributed by atoms with Crippen LogP contribution < -0.4 is 10.0 Å². The van der Waals surface area contributed by atoms with Gasteiger partial charge in [0, 0.05) is 12.7 Å². The van der Waals surface area contributed by atoms with Crippen molar-refractivity contribution in [2.75, 3.05) is 22.8 Å². The predicted molar refractivity (Wildman–Crippen MR) is 68.3 cm³/mol. The van der Waals surface area contributed by atoms with Crippen LogP contribution in [-0.4, -0.2) is 21.2 Å². The lowest BCUT2D eigenvalue weighted by molar-refractivity contribution is 0.598. The molecule has 0 aliphatic rings. The minimum atomic E-state index is -3.20. The molecule has 0 saturated carbocycles. The van der Waals surface area contributed by atoms with Crippen molar-refractivity contribution in [3.8, 4) is 0 Å². The van der Waals surface area contributed by atoms with Crippen LogP contribution in [0.15, 0.2) is 24.3 Å². The first kappa shape index (κ1) is 12.8. The fourth-order valence-electron chi connectivity index (χ4n) is 1.30. The number of hydrogen-bond donors (Lipinski definition) is 2. The number of nitrogens with one attached hydrogen (secondary N) is 2. The molecule has 1 aromatic rings. The zero-order valence-corrected chi connectivity index (χ0v) is 10.5. The van der Waals surface area contributed by atoms with E-state index in [1.807, 2.05) is 19.1 Å². The van der Waals surface area contributed by atoms with E-state index in [-0.39, 0.29) is 5.75 Å². The highest BCUT2D eigenvalue weighted by molar-refractivity contribution is 7.92. The number of unbranched alkanes of at least 4 members (excludes halogenated alkanes) is 1. The van der Waals surface area contributed by atoms with E-state index in [9.17, 15) is 8.42 Å². The molecule has 0 fully saturated rings. The number of hydrogen-bond acceptors (Lipinski definition) is 3. The molecule has 4 nitrogen and oxygen atoms in total. The molecule has 0 aliphatic heterocycles. The maximum Gasteiger partial charge on any atom is 0.232 e. The Labute approximate surface area is 97.1 Å². The third-order valence-electron chi connectivity index (χ3n) is 2.19. The zero-order valence-electron chi connectivity index (χ0n) is 9.66. The Morgan fingerprint density at radius 3 is 2.56 bits per heavy atom. The largest absolute Gasteiger partial charge is 0.388 e. The van der Waals surface area contributed by atoms with Crippen LogP contribution in [0.1, 0.15) is 19.8 Å². The SMILES string of the molecule is CCCCS(=O)(=O)Nc1cccc(NC)c1. The summed E-state index contributed by atoms with van der Waals surface area (Å²) in [7, 11) is -1.40. The Balaban J connectivity index is 2.72. The van der Waals surface area contributed by atoms with Gasteiger partial charge in [0.05, 0.1) is 11.4 Å². The van der Waals surface area contributed by atoms with Crippen LogP contribution in [0.3, 0.4) is 0 Å². The summed E-state index contributed by atoms with van der Waals surface area (Å²) < 4.78 is 25.8. The summed E-state index contributed by atoms with van der Waals surface area (Å²) in [6, 6.07) is 7.20. The lowest BCUT2D eigenvalue weighted by Crippen LogP contribution is -2.16. The molecule has 0 aliphatic carbocycles. The molecular weight excluding hydrogens is 224 g/mol. The molecule has 0 radical (unpaired) electrons. The Morgan fingerprint density at radius 2 is 1.94 bits per heavy atom. The third kappa shape index (κ3) is 4.10. The summed E-state index contributed by atoms with van der Waals surface area (Å²) in [5, 5.41) is 2.96. The van der Waals surface area contributed by atoms with Gasteiger partial charge in [0.15, 0.2) is 0 Å². The van der Waals surface area contributed by atoms with Crippen molar-refractivity contribution in [2.24, 2.45) is 0 Å². The number of rotatable bonds is 6. The topological polar surface area (TPSA) is 58.2 Å². The molecule has 0 amide bonds. The maximum atomic E-state index is 11.6. The second-order valence-corrected chi connectivity index (χ2v) is 5.45. The molecule has 2 N–H and O–H groups in total. The summed E-state index contributed by atoms with van der Waals surface area (Å²) >= 11 is 0. The standard InChI is InChI=1S/C11H18N2O2S/c1-3-4-8-16(14,15)13-11-7-5-6-10(9-11)12-2/h5-7,9,12-13H,3-4,8H2,1-2H3. The first-order chi connectivity index (χ1) is 7.57. The van der Waals surface area contributed by atoms with Gasteiger partial charge in [0.1, 0.15) is 0 Å². The maximum absolute atomic E-state index is 11.6. The highest BCUT2D eigenvalue weighted by Gasteiger charge is 2.09. The van der Waals surface area contributed by atoms with Gasteiger partial charge in [0.2, 0.25) is 10.0 Å². The van der Waals surface area contributed by atoms with Crippen LogP contribution in [0, 0.1) is 0 Å². The molecule has 0 aromatic heterocycles. The van der Waals surface area contributed by atoms with Crippen molar-refractivity contribution < 1.29 is 8.42 Å². The molecule has 0 heterocycles. The molecule has 0 bridgehead atoms. The van der Waals surface area contributed by atoms with Crippen molar-refractivity contribution in [3.05, 3.63) is 24.3 Å². The average Bonchev–Trinajstić information content (AvgIpc) is 2.26. The van der Waals surface area contributed by atoms with Crippen LogP contribution in [0.5, 0.6) is 0 Å². The smallest absolute Gasteiger partial charge is 0.232 e. The van der Waals surface area contributed by atoms with Crippen LogP contribution in [-0.2, 0) is 10.0 Å². The normalized spacial score (nSPS) is 11.1. The van der Waals surface area contributed by atoms with E-state index in [1.54, 1.807) is 19.2 Å². The molecule has 5 heteroatoms. The van der Waals surface area contributed by atoms with Crippen molar-refractivity contribution in [2.45, 2.75) is 19.8 Å². The van der Waals surface area contributed by atoms with Gasteiger partial charge < -0.3 is 5.32 Å². The van der Waals surface area contributed by atoms with E-state index in [0.29, 0.717) is 12.1 Å². The lowest BCUT2D eigenvalue weighted by atomic mass is 10.3. The van der Waals surface area contributed by atoms with E-state index in [4.69, 9.17) is 0 Å². The van der Waals surface area contributed by atoms with Gasteiger partial charge >= 0.3 is 0 Å². The van der Waals surface area contributed by atoms with Crippen molar-refractivity contribution in [3.63, 3.8) is 0 Å². The van der Waals surface area contributed by atoms with Gasteiger partial charge in [-0.15, -0.1) is 0 Å². The molecule has 0 atom stereocenters. The van der Waals surface area contributed by atoms with Crippen molar-refractivity contribution >= 4 is 21.4 Å². The fraction of sp³-hybridized carbons (Fsp3) is 0.455. The Bertz CT molecular complexity index is 429. The molecule has 0 saturated heterocycles. The first-order valence-corrected chi connectivity index (χ1v) is 7.01. The highest BCUT2D eigenvalue weighted by atomic mass is 32.2. The van der Waals surface area contributed by atoms with E-state index in [2.05, 4.69) is 10.0 Å². The van der Waals surface area contributed by atoms with Gasteiger partial charge in [-0.05, 0) is 24.6 Å². The lowest BCUT2D eigenvalue weighted by Gasteiger charge is -2.08. The molecule has 1 aromatic carbocycles. The van der Waals surface area contributed by atoms with Crippen LogP contribution in [0.2, 0.25) is 0 Å². The minimum absolute atomic E-state index is 0.174. The van der Waals surface area contributed by atoms with Crippen LogP contribution in [0.4, 0.5) is 11.4 Å². The van der Waals surface area contributed by atoms with E-state index < -0.39 is 10.0 Å². The molecular formula is C11H18N2O2S. The molecule has 16 heavy (non-hydrogen) atoms. The fourth-order valence-corrected chi connectivity index (χ4v) is 2.56.